The molecule has 0 aliphatic carbocycles. The second kappa shape index (κ2) is 24.1. The zero-order chi connectivity index (χ0) is 37.6. The lowest BCUT2D eigenvalue weighted by Crippen LogP contribution is -2.65. The highest BCUT2D eigenvalue weighted by atomic mass is 16.6. The second-order valence-corrected chi connectivity index (χ2v) is 16.7. The van der Waals surface area contributed by atoms with Gasteiger partial charge < -0.3 is 20.1 Å². The van der Waals surface area contributed by atoms with Gasteiger partial charge in [-0.05, 0) is 86.5 Å². The van der Waals surface area contributed by atoms with E-state index in [9.17, 15) is 19.2 Å². The standard InChI is InChI=1S/C40H76N4O6/c1-8-9-10-11-12-13-14-15-16-17-18-19-20-21-22-28-34(45)43-31-26-24-27-33(43)32-44(42)36(47)40(41,37(48)50-39(5,6)7)30-25-23-29-35(46)49-38(2,3)4/h33H,8-32,41-42H2,1-7H3. The lowest BCUT2D eigenvalue weighted by Gasteiger charge is -2.39. The van der Waals surface area contributed by atoms with Gasteiger partial charge in [0.15, 0.2) is 5.54 Å². The van der Waals surface area contributed by atoms with Crippen molar-refractivity contribution in [1.82, 2.24) is 9.91 Å². The number of rotatable bonds is 25. The minimum absolute atomic E-state index is 0.0379. The number of nitrogens with two attached hydrogens (primary N) is 2. The number of carbonyl (C=O) groups is 4. The van der Waals surface area contributed by atoms with Gasteiger partial charge in [-0.3, -0.25) is 19.4 Å². The molecule has 2 atom stereocenters. The molecule has 50 heavy (non-hydrogen) atoms. The van der Waals surface area contributed by atoms with Crippen LogP contribution in [0, 0.1) is 0 Å². The number of ether oxygens (including phenoxy) is 2. The smallest absolute Gasteiger partial charge is 0.336 e. The van der Waals surface area contributed by atoms with Crippen LogP contribution in [0.5, 0.6) is 0 Å². The minimum atomic E-state index is -2.02. The van der Waals surface area contributed by atoms with Gasteiger partial charge in [0.25, 0.3) is 5.91 Å². The highest BCUT2D eigenvalue weighted by Gasteiger charge is 2.47. The summed E-state index contributed by atoms with van der Waals surface area (Å²) < 4.78 is 10.9. The van der Waals surface area contributed by atoms with Crippen LogP contribution < -0.4 is 11.6 Å². The van der Waals surface area contributed by atoms with E-state index in [2.05, 4.69) is 6.92 Å². The van der Waals surface area contributed by atoms with Crippen LogP contribution in [0.3, 0.4) is 0 Å². The van der Waals surface area contributed by atoms with E-state index < -0.39 is 28.6 Å². The van der Waals surface area contributed by atoms with Gasteiger partial charge in [0.1, 0.15) is 11.2 Å². The number of hydrogen-bond donors (Lipinski definition) is 2. The van der Waals surface area contributed by atoms with E-state index in [1.165, 1.54) is 77.0 Å². The third-order valence-corrected chi connectivity index (χ3v) is 9.38. The van der Waals surface area contributed by atoms with E-state index >= 15 is 0 Å². The molecule has 0 aromatic heterocycles. The van der Waals surface area contributed by atoms with Crippen LogP contribution in [0.1, 0.15) is 196 Å². The molecule has 1 aliphatic rings. The molecule has 1 saturated heterocycles. The number of esters is 2. The van der Waals surface area contributed by atoms with Crippen molar-refractivity contribution in [3.8, 4) is 0 Å². The quantitative estimate of drug-likeness (QED) is 0.0241. The van der Waals surface area contributed by atoms with Gasteiger partial charge in [-0.2, -0.15) is 0 Å². The molecule has 0 bridgehead atoms. The van der Waals surface area contributed by atoms with Crippen LogP contribution in [0.4, 0.5) is 0 Å². The Hall–Kier alpha value is -2.20. The molecule has 0 saturated carbocycles. The Balaban J connectivity index is 2.57. The zero-order valence-corrected chi connectivity index (χ0v) is 33.3. The van der Waals surface area contributed by atoms with Crippen LogP contribution >= 0.6 is 0 Å². The number of likely N-dealkylation sites (tertiary alicyclic amines) is 1. The number of hydrazine groups is 1. The molecule has 2 amide bonds. The second-order valence-electron chi connectivity index (χ2n) is 16.7. The first-order chi connectivity index (χ1) is 23.5. The van der Waals surface area contributed by atoms with Crippen LogP contribution in [-0.4, -0.2) is 69.5 Å². The van der Waals surface area contributed by atoms with E-state index in [1.54, 1.807) is 41.5 Å². The van der Waals surface area contributed by atoms with Gasteiger partial charge in [-0.15, -0.1) is 0 Å². The molecule has 10 heteroatoms. The first-order valence-corrected chi connectivity index (χ1v) is 20.1. The molecule has 10 nitrogen and oxygen atoms in total. The van der Waals surface area contributed by atoms with Crippen molar-refractivity contribution in [2.45, 2.75) is 219 Å². The van der Waals surface area contributed by atoms with Crippen molar-refractivity contribution in [2.24, 2.45) is 11.6 Å². The zero-order valence-electron chi connectivity index (χ0n) is 33.3. The molecule has 0 aromatic carbocycles. The summed E-state index contributed by atoms with van der Waals surface area (Å²) in [5.41, 5.74) is 3.06. The molecule has 0 spiro atoms. The fraction of sp³-hybridized carbons (Fsp3) is 0.900. The maximum Gasteiger partial charge on any atom is 0.336 e. The Kier molecular flexibility index (Phi) is 22.1. The van der Waals surface area contributed by atoms with Crippen molar-refractivity contribution in [1.29, 1.82) is 0 Å². The largest absolute Gasteiger partial charge is 0.460 e. The van der Waals surface area contributed by atoms with E-state index in [4.69, 9.17) is 21.1 Å². The van der Waals surface area contributed by atoms with Crippen LogP contribution in [0.2, 0.25) is 0 Å². The summed E-state index contributed by atoms with van der Waals surface area (Å²) in [7, 11) is 0. The summed E-state index contributed by atoms with van der Waals surface area (Å²) in [5, 5.41) is 1.00. The van der Waals surface area contributed by atoms with Gasteiger partial charge in [0.05, 0.1) is 12.6 Å². The Bertz CT molecular complexity index is 991. The number of hydrogen-bond acceptors (Lipinski definition) is 8. The number of piperidine rings is 1. The molecule has 292 valence electrons. The Morgan fingerprint density at radius 1 is 0.680 bits per heavy atom. The summed E-state index contributed by atoms with van der Waals surface area (Å²) in [4.78, 5) is 54.5. The molecule has 0 aromatic rings. The first kappa shape index (κ1) is 45.8. The lowest BCUT2D eigenvalue weighted by molar-refractivity contribution is -0.168. The molecule has 1 rings (SSSR count). The van der Waals surface area contributed by atoms with E-state index in [-0.39, 0.29) is 37.3 Å². The van der Waals surface area contributed by atoms with Crippen molar-refractivity contribution < 1.29 is 28.7 Å². The first-order valence-electron chi connectivity index (χ1n) is 20.1. The predicted molar refractivity (Wildman–Crippen MR) is 202 cm³/mol. The summed E-state index contributed by atoms with van der Waals surface area (Å²) in [6, 6.07) is -0.239. The third kappa shape index (κ3) is 20.0. The molecule has 2 unspecified atom stereocenters. The average molecular weight is 709 g/mol. The summed E-state index contributed by atoms with van der Waals surface area (Å²) in [6.45, 7) is 13.5. The van der Waals surface area contributed by atoms with Crippen LogP contribution in [0.25, 0.3) is 0 Å². The fourth-order valence-electron chi connectivity index (χ4n) is 6.61. The van der Waals surface area contributed by atoms with E-state index in [1.807, 2.05) is 4.90 Å². The normalized spacial score (nSPS) is 16.5. The Morgan fingerprint density at radius 2 is 1.16 bits per heavy atom. The molecular weight excluding hydrogens is 632 g/mol. The molecule has 1 fully saturated rings. The van der Waals surface area contributed by atoms with Crippen molar-refractivity contribution in [2.75, 3.05) is 13.1 Å². The third-order valence-electron chi connectivity index (χ3n) is 9.38. The minimum Gasteiger partial charge on any atom is -0.460 e. The lowest BCUT2D eigenvalue weighted by atomic mass is 9.91. The van der Waals surface area contributed by atoms with Crippen LogP contribution in [-0.2, 0) is 28.7 Å². The van der Waals surface area contributed by atoms with Gasteiger partial charge in [0.2, 0.25) is 5.91 Å². The predicted octanol–water partition coefficient (Wildman–Crippen LogP) is 8.27. The maximum absolute atomic E-state index is 13.8. The fourth-order valence-corrected chi connectivity index (χ4v) is 6.61. The van der Waals surface area contributed by atoms with Gasteiger partial charge >= 0.3 is 11.9 Å². The highest BCUT2D eigenvalue weighted by molar-refractivity contribution is 6.07. The Morgan fingerprint density at radius 3 is 1.66 bits per heavy atom. The number of carbonyl (C=O) groups excluding carboxylic acids is 4. The number of amides is 2. The van der Waals surface area contributed by atoms with Crippen molar-refractivity contribution in [3.63, 3.8) is 0 Å². The van der Waals surface area contributed by atoms with Crippen LogP contribution in [0.15, 0.2) is 0 Å². The van der Waals surface area contributed by atoms with Gasteiger partial charge in [-0.25, -0.2) is 10.6 Å². The summed E-state index contributed by atoms with van der Waals surface area (Å²) in [5.74, 6) is 4.48. The maximum atomic E-state index is 13.8. The van der Waals surface area contributed by atoms with E-state index in [0.29, 0.717) is 25.8 Å². The topological polar surface area (TPSA) is 145 Å². The Labute approximate surface area is 305 Å². The summed E-state index contributed by atoms with van der Waals surface area (Å²) in [6.07, 6.45) is 23.0. The molecule has 4 N–H and O–H groups in total. The van der Waals surface area contributed by atoms with Crippen molar-refractivity contribution >= 4 is 23.8 Å². The van der Waals surface area contributed by atoms with Crippen molar-refractivity contribution in [3.05, 3.63) is 0 Å². The number of unbranched alkanes of at least 4 members (excludes halogenated alkanes) is 15. The van der Waals surface area contributed by atoms with Gasteiger partial charge in [-0.1, -0.05) is 96.8 Å². The highest BCUT2D eigenvalue weighted by Crippen LogP contribution is 2.24. The molecule has 1 heterocycles. The average Bonchev–Trinajstić information content (AvgIpc) is 3.02. The van der Waals surface area contributed by atoms with E-state index in [0.717, 1.165) is 43.5 Å². The number of nitrogens with zero attached hydrogens (tertiary/aromatic N) is 2. The molecular formula is C40H76N4O6. The monoisotopic (exact) mass is 709 g/mol. The van der Waals surface area contributed by atoms with Gasteiger partial charge in [0, 0.05) is 19.4 Å². The molecule has 1 aliphatic heterocycles. The molecule has 0 radical (unpaired) electrons. The SMILES string of the molecule is CCCCCCCCCCCCCCCCCC(=O)N1CCCCC1CN(N)C(=O)C(N)(CCCCC(=O)OC(C)(C)C)C(=O)OC(C)(C)C. The summed E-state index contributed by atoms with van der Waals surface area (Å²) >= 11 is 0.